The lowest BCUT2D eigenvalue weighted by Crippen LogP contribution is -2.45. The Hall–Kier alpha value is -1.69. The number of ketones is 1. The lowest BCUT2D eigenvalue weighted by molar-refractivity contribution is -0.143. The number of carbonyl (C=O) groups is 3. The van der Waals surface area contributed by atoms with E-state index in [9.17, 15) is 14.4 Å². The van der Waals surface area contributed by atoms with Crippen molar-refractivity contribution in [2.75, 3.05) is 0 Å². The molecular weight excluding hydrogens is 288 g/mol. The van der Waals surface area contributed by atoms with Gasteiger partial charge in [-0.2, -0.15) is 0 Å². The van der Waals surface area contributed by atoms with Crippen molar-refractivity contribution in [1.29, 1.82) is 0 Å². The summed E-state index contributed by atoms with van der Waals surface area (Å²) in [5.41, 5.74) is 0. The van der Waals surface area contributed by atoms with E-state index >= 15 is 0 Å². The van der Waals surface area contributed by atoms with Gasteiger partial charge in [-0.1, -0.05) is 0 Å². The molecule has 1 aromatic rings. The maximum atomic E-state index is 12.3. The van der Waals surface area contributed by atoms with Crippen LogP contribution in [0, 0.1) is 6.92 Å². The first-order valence-corrected chi connectivity index (χ1v) is 8.06. The van der Waals surface area contributed by atoms with Crippen LogP contribution in [-0.4, -0.2) is 34.6 Å². The molecule has 6 heteroatoms. The zero-order chi connectivity index (χ0) is 15.0. The minimum atomic E-state index is -0.598. The van der Waals surface area contributed by atoms with E-state index in [0.717, 1.165) is 17.7 Å². The van der Waals surface area contributed by atoms with Gasteiger partial charge in [-0.3, -0.25) is 14.4 Å². The van der Waals surface area contributed by atoms with Gasteiger partial charge in [0.05, 0.1) is 6.54 Å². The fourth-order valence-electron chi connectivity index (χ4n) is 2.58. The van der Waals surface area contributed by atoms with E-state index in [-0.39, 0.29) is 11.9 Å². The zero-order valence-corrected chi connectivity index (χ0v) is 12.7. The highest BCUT2D eigenvalue weighted by Gasteiger charge is 2.40. The van der Waals surface area contributed by atoms with Crippen LogP contribution in [0.4, 0.5) is 0 Å². The third-order valence-electron chi connectivity index (χ3n) is 3.89. The molecule has 5 nitrogen and oxygen atoms in total. The summed E-state index contributed by atoms with van der Waals surface area (Å²) >= 11 is 1.61. The standard InChI is InChI=1S/C15H18N2O3S/c1-9-2-5-11(21-9)8-17-12(6-7-13(17)18)14(19)15(20)16-10-3-4-10/h2,5,10,12H,3-4,6-8H2,1H3,(H,16,20). The van der Waals surface area contributed by atoms with Crippen LogP contribution in [0.25, 0.3) is 0 Å². The number of thiophene rings is 1. The van der Waals surface area contributed by atoms with Gasteiger partial charge in [-0.05, 0) is 38.3 Å². The van der Waals surface area contributed by atoms with Gasteiger partial charge in [-0.25, -0.2) is 0 Å². The molecule has 2 amide bonds. The highest BCUT2D eigenvalue weighted by atomic mass is 32.1. The molecule has 2 fully saturated rings. The summed E-state index contributed by atoms with van der Waals surface area (Å²) in [7, 11) is 0. The third kappa shape index (κ3) is 3.15. The van der Waals surface area contributed by atoms with Crippen LogP contribution < -0.4 is 5.32 Å². The molecule has 1 aliphatic heterocycles. The minimum Gasteiger partial charge on any atom is -0.347 e. The Morgan fingerprint density at radius 3 is 2.71 bits per heavy atom. The largest absolute Gasteiger partial charge is 0.347 e. The number of hydrogen-bond acceptors (Lipinski definition) is 4. The number of nitrogens with one attached hydrogen (secondary N) is 1. The summed E-state index contributed by atoms with van der Waals surface area (Å²) in [5.74, 6) is -1.05. The zero-order valence-electron chi connectivity index (χ0n) is 11.9. The summed E-state index contributed by atoms with van der Waals surface area (Å²) < 4.78 is 0. The lowest BCUT2D eigenvalue weighted by atomic mass is 10.1. The highest BCUT2D eigenvalue weighted by Crippen LogP contribution is 2.26. The predicted octanol–water partition coefficient (Wildman–Crippen LogP) is 1.40. The first kappa shape index (κ1) is 14.3. The van der Waals surface area contributed by atoms with Crippen LogP contribution in [0.3, 0.4) is 0 Å². The van der Waals surface area contributed by atoms with E-state index in [1.807, 2.05) is 19.1 Å². The van der Waals surface area contributed by atoms with Gasteiger partial charge in [0.25, 0.3) is 5.91 Å². The second-order valence-corrected chi connectivity index (χ2v) is 7.07. The average Bonchev–Trinajstić information content (AvgIpc) is 3.06. The number of Topliss-reactive ketones (excluding diaryl/α,β-unsaturated/α-hetero) is 1. The van der Waals surface area contributed by atoms with Crippen molar-refractivity contribution < 1.29 is 14.4 Å². The second-order valence-electron chi connectivity index (χ2n) is 5.70. The molecule has 112 valence electrons. The normalized spacial score (nSPS) is 21.7. The molecule has 21 heavy (non-hydrogen) atoms. The molecule has 1 N–H and O–H groups in total. The summed E-state index contributed by atoms with van der Waals surface area (Å²) in [6, 6.07) is 3.53. The summed E-state index contributed by atoms with van der Waals surface area (Å²) in [5, 5.41) is 2.71. The maximum absolute atomic E-state index is 12.3. The van der Waals surface area contributed by atoms with E-state index in [1.54, 1.807) is 16.2 Å². The number of nitrogens with zero attached hydrogens (tertiary/aromatic N) is 1. The van der Waals surface area contributed by atoms with Crippen LogP contribution in [0.2, 0.25) is 0 Å². The van der Waals surface area contributed by atoms with Crippen molar-refractivity contribution in [2.45, 2.75) is 51.2 Å². The molecule has 3 rings (SSSR count). The van der Waals surface area contributed by atoms with E-state index in [0.29, 0.717) is 19.4 Å². The van der Waals surface area contributed by atoms with E-state index in [2.05, 4.69) is 5.32 Å². The van der Waals surface area contributed by atoms with Crippen LogP contribution in [0.15, 0.2) is 12.1 Å². The Bertz CT molecular complexity index is 591. The molecule has 1 aromatic heterocycles. The first-order valence-electron chi connectivity index (χ1n) is 7.24. The molecule has 2 aliphatic rings. The van der Waals surface area contributed by atoms with Gasteiger partial charge >= 0.3 is 0 Å². The van der Waals surface area contributed by atoms with Gasteiger partial charge < -0.3 is 10.2 Å². The maximum Gasteiger partial charge on any atom is 0.289 e. The van der Waals surface area contributed by atoms with Crippen molar-refractivity contribution >= 4 is 28.9 Å². The van der Waals surface area contributed by atoms with Gasteiger partial charge in [0, 0.05) is 22.2 Å². The summed E-state index contributed by atoms with van der Waals surface area (Å²) in [4.78, 5) is 39.9. The number of amides is 2. The molecule has 2 heterocycles. The first-order chi connectivity index (χ1) is 10.0. The van der Waals surface area contributed by atoms with Crippen molar-refractivity contribution in [2.24, 2.45) is 0 Å². The third-order valence-corrected chi connectivity index (χ3v) is 4.87. The number of hydrogen-bond donors (Lipinski definition) is 1. The van der Waals surface area contributed by atoms with Crippen molar-refractivity contribution in [3.63, 3.8) is 0 Å². The molecule has 0 aromatic carbocycles. The molecule has 1 aliphatic carbocycles. The summed E-state index contributed by atoms with van der Waals surface area (Å²) in [6.45, 7) is 2.43. The molecule has 0 radical (unpaired) electrons. The van der Waals surface area contributed by atoms with Crippen molar-refractivity contribution in [3.8, 4) is 0 Å². The van der Waals surface area contributed by atoms with E-state index in [1.165, 1.54) is 4.88 Å². The van der Waals surface area contributed by atoms with Crippen LogP contribution in [-0.2, 0) is 20.9 Å². The van der Waals surface area contributed by atoms with Gasteiger partial charge in [0.15, 0.2) is 0 Å². The fraction of sp³-hybridized carbons (Fsp3) is 0.533. The Morgan fingerprint density at radius 1 is 1.33 bits per heavy atom. The van der Waals surface area contributed by atoms with Crippen LogP contribution in [0.5, 0.6) is 0 Å². The van der Waals surface area contributed by atoms with Crippen molar-refractivity contribution in [3.05, 3.63) is 21.9 Å². The Labute approximate surface area is 127 Å². The summed E-state index contributed by atoms with van der Waals surface area (Å²) in [6.07, 6.45) is 2.68. The predicted molar refractivity (Wildman–Crippen MR) is 78.8 cm³/mol. The molecule has 1 saturated carbocycles. The average molecular weight is 306 g/mol. The smallest absolute Gasteiger partial charge is 0.289 e. The van der Waals surface area contributed by atoms with E-state index in [4.69, 9.17) is 0 Å². The van der Waals surface area contributed by atoms with Crippen molar-refractivity contribution in [1.82, 2.24) is 10.2 Å². The van der Waals surface area contributed by atoms with E-state index < -0.39 is 17.7 Å². The molecule has 1 atom stereocenters. The minimum absolute atomic E-state index is 0.0429. The van der Waals surface area contributed by atoms with Gasteiger partial charge in [0.2, 0.25) is 11.7 Å². The number of rotatable bonds is 5. The fourth-order valence-corrected chi connectivity index (χ4v) is 3.47. The topological polar surface area (TPSA) is 66.5 Å². The molecule has 0 bridgehead atoms. The number of likely N-dealkylation sites (tertiary alicyclic amines) is 1. The highest BCUT2D eigenvalue weighted by molar-refractivity contribution is 7.11. The quantitative estimate of drug-likeness (QED) is 0.836. The van der Waals surface area contributed by atoms with Gasteiger partial charge in [-0.15, -0.1) is 11.3 Å². The molecular formula is C15H18N2O3S. The SMILES string of the molecule is Cc1ccc(CN2C(=O)CCC2C(=O)C(=O)NC2CC2)s1. The Morgan fingerprint density at radius 2 is 2.10 bits per heavy atom. The Kier molecular flexibility index (Phi) is 3.80. The second kappa shape index (κ2) is 5.60. The monoisotopic (exact) mass is 306 g/mol. The number of aryl methyl sites for hydroxylation is 1. The van der Waals surface area contributed by atoms with Crippen LogP contribution in [0.1, 0.15) is 35.4 Å². The molecule has 1 unspecified atom stereocenters. The molecule has 0 spiro atoms. The van der Waals surface area contributed by atoms with Crippen LogP contribution >= 0.6 is 11.3 Å². The lowest BCUT2D eigenvalue weighted by Gasteiger charge is -2.22. The number of carbonyl (C=O) groups excluding carboxylic acids is 3. The van der Waals surface area contributed by atoms with Gasteiger partial charge in [0.1, 0.15) is 6.04 Å². The Balaban J connectivity index is 1.69. The molecule has 1 saturated heterocycles.